The molecule has 7 rings (SSSR count). The second-order valence-corrected chi connectivity index (χ2v) is 11.0. The van der Waals surface area contributed by atoms with Gasteiger partial charge in [0.15, 0.2) is 0 Å². The maximum Gasteiger partial charge on any atom is 0.414 e. The lowest BCUT2D eigenvalue weighted by atomic mass is 9.95. The lowest BCUT2D eigenvalue weighted by molar-refractivity contribution is -0.132. The molecule has 4 aliphatic rings. The molecule has 1 aliphatic carbocycles. The van der Waals surface area contributed by atoms with E-state index in [-0.39, 0.29) is 53.7 Å². The number of rotatable bonds is 6. The molecule has 210 valence electrons. The van der Waals surface area contributed by atoms with Crippen LogP contribution >= 0.6 is 0 Å². The van der Waals surface area contributed by atoms with Crippen LogP contribution in [0.5, 0.6) is 0 Å². The molecule has 3 aromatic rings. The van der Waals surface area contributed by atoms with Crippen LogP contribution in [0, 0.1) is 34.8 Å². The lowest BCUT2D eigenvalue weighted by Crippen LogP contribution is -2.44. The van der Waals surface area contributed by atoms with E-state index in [1.54, 1.807) is 18.3 Å². The predicted molar refractivity (Wildman–Crippen MR) is 139 cm³/mol. The first-order valence-corrected chi connectivity index (χ1v) is 13.6. The molecule has 0 spiro atoms. The summed E-state index contributed by atoms with van der Waals surface area (Å²) in [7, 11) is 0. The molecular formula is C28H26F2N8O3. The third kappa shape index (κ3) is 4.12. The zero-order valence-corrected chi connectivity index (χ0v) is 21.9. The minimum absolute atomic E-state index is 0.0161. The van der Waals surface area contributed by atoms with Crippen LogP contribution in [-0.4, -0.2) is 75.2 Å². The first-order valence-electron chi connectivity index (χ1n) is 13.6. The van der Waals surface area contributed by atoms with Gasteiger partial charge in [0, 0.05) is 42.9 Å². The predicted octanol–water partition coefficient (Wildman–Crippen LogP) is 2.25. The van der Waals surface area contributed by atoms with E-state index in [0.29, 0.717) is 18.8 Å². The largest absolute Gasteiger partial charge is 0.442 e. The van der Waals surface area contributed by atoms with Crippen molar-refractivity contribution in [3.63, 3.8) is 0 Å². The average Bonchev–Trinajstić information content (AvgIpc) is 3.65. The molecular weight excluding hydrogens is 534 g/mol. The number of nitriles is 1. The molecule has 1 saturated carbocycles. The molecule has 1 N–H and O–H groups in total. The highest BCUT2D eigenvalue weighted by Crippen LogP contribution is 2.62. The van der Waals surface area contributed by atoms with Crippen molar-refractivity contribution in [2.24, 2.45) is 11.8 Å². The van der Waals surface area contributed by atoms with Crippen LogP contribution in [0.2, 0.25) is 0 Å². The summed E-state index contributed by atoms with van der Waals surface area (Å²) in [5, 5.41) is 20.9. The molecule has 0 radical (unpaired) electrons. The molecule has 1 aromatic carbocycles. The number of piperidine rings is 1. The zero-order valence-electron chi connectivity index (χ0n) is 21.9. The van der Waals surface area contributed by atoms with E-state index in [1.807, 2.05) is 4.90 Å². The third-order valence-corrected chi connectivity index (χ3v) is 8.79. The Morgan fingerprint density at radius 2 is 1.98 bits per heavy atom. The Morgan fingerprint density at radius 1 is 1.20 bits per heavy atom. The Morgan fingerprint density at radius 3 is 2.59 bits per heavy atom. The SMILES string of the molecule is N#C[C@]1(c2ccc(-c3c(F)cc(N4C[C@H](Cn5ccnn5)OC4=O)cc3F)cn2)[C@@H]2CN(C(=O)[C@@H]3CCCN3)C[C@@H]21. The molecule has 41 heavy (non-hydrogen) atoms. The van der Waals surface area contributed by atoms with Gasteiger partial charge in [0.25, 0.3) is 0 Å². The Hall–Kier alpha value is -4.44. The van der Waals surface area contributed by atoms with Crippen molar-refractivity contribution in [2.45, 2.75) is 36.9 Å². The van der Waals surface area contributed by atoms with Gasteiger partial charge in [0.1, 0.15) is 23.2 Å². The summed E-state index contributed by atoms with van der Waals surface area (Å²) in [5.41, 5.74) is -0.284. The van der Waals surface area contributed by atoms with Crippen LogP contribution in [0.15, 0.2) is 42.9 Å². The standard InChI is InChI=1S/C28H26F2N8O3/c29-21-8-17(38-12-18(41-27(38)40)11-37-7-6-34-35-37)9-22(30)25(21)16-3-4-24(33-10-16)28(15-31)19-13-36(14-20(19)28)26(39)23-2-1-5-32-23/h3-4,6-10,18-20,23,32H,1-2,5,11-14H2/t18-,19-,20+,23-,28+/m0/s1. The number of amides is 2. The second kappa shape index (κ2) is 9.59. The van der Waals surface area contributed by atoms with Crippen LogP contribution in [0.1, 0.15) is 18.5 Å². The number of hydrogen-bond acceptors (Lipinski definition) is 8. The molecule has 0 unspecified atom stereocenters. The third-order valence-electron chi connectivity index (χ3n) is 8.79. The van der Waals surface area contributed by atoms with Gasteiger partial charge >= 0.3 is 6.09 Å². The minimum atomic E-state index is -0.852. The molecule has 0 bridgehead atoms. The minimum Gasteiger partial charge on any atom is -0.442 e. The van der Waals surface area contributed by atoms with E-state index in [1.165, 1.54) is 22.0 Å². The highest BCUT2D eigenvalue weighted by Gasteiger charge is 2.71. The highest BCUT2D eigenvalue weighted by atomic mass is 19.1. The van der Waals surface area contributed by atoms with Gasteiger partial charge in [-0.05, 0) is 37.6 Å². The van der Waals surface area contributed by atoms with Crippen molar-refractivity contribution < 1.29 is 23.1 Å². The number of ether oxygens (including phenoxy) is 1. The van der Waals surface area contributed by atoms with Crippen LogP contribution in [-0.2, 0) is 21.5 Å². The van der Waals surface area contributed by atoms with Crippen molar-refractivity contribution in [3.8, 4) is 17.2 Å². The van der Waals surface area contributed by atoms with Gasteiger partial charge in [0.2, 0.25) is 5.91 Å². The van der Waals surface area contributed by atoms with E-state index in [2.05, 4.69) is 26.7 Å². The molecule has 5 heterocycles. The summed E-state index contributed by atoms with van der Waals surface area (Å²) >= 11 is 0. The second-order valence-electron chi connectivity index (χ2n) is 11.0. The quantitative estimate of drug-likeness (QED) is 0.486. The topological polar surface area (TPSA) is 129 Å². The summed E-state index contributed by atoms with van der Waals surface area (Å²) in [6, 6.07) is 7.66. The van der Waals surface area contributed by atoms with Gasteiger partial charge in [-0.3, -0.25) is 14.7 Å². The summed E-state index contributed by atoms with van der Waals surface area (Å²) < 4.78 is 37.4. The number of carbonyl (C=O) groups is 2. The summed E-state index contributed by atoms with van der Waals surface area (Å²) in [6.07, 6.45) is 5.06. The molecule has 5 atom stereocenters. The summed E-state index contributed by atoms with van der Waals surface area (Å²) in [5.74, 6) is -1.65. The van der Waals surface area contributed by atoms with E-state index >= 15 is 8.78 Å². The normalized spacial score (nSPS) is 28.5. The monoisotopic (exact) mass is 560 g/mol. The van der Waals surface area contributed by atoms with Crippen molar-refractivity contribution >= 4 is 17.7 Å². The molecule has 4 fully saturated rings. The van der Waals surface area contributed by atoms with Crippen LogP contribution < -0.4 is 10.2 Å². The molecule has 2 aromatic heterocycles. The fourth-order valence-electron chi connectivity index (χ4n) is 6.67. The summed E-state index contributed by atoms with van der Waals surface area (Å²) in [4.78, 5) is 32.7. The van der Waals surface area contributed by atoms with Gasteiger partial charge < -0.3 is 15.0 Å². The number of anilines is 1. The Bertz CT molecular complexity index is 1520. The van der Waals surface area contributed by atoms with Gasteiger partial charge in [0.05, 0.1) is 48.3 Å². The highest BCUT2D eigenvalue weighted by molar-refractivity contribution is 5.90. The molecule has 2 amide bonds. The van der Waals surface area contributed by atoms with E-state index in [0.717, 1.165) is 31.5 Å². The lowest BCUT2D eigenvalue weighted by Gasteiger charge is -2.25. The fourth-order valence-corrected chi connectivity index (χ4v) is 6.67. The van der Waals surface area contributed by atoms with Gasteiger partial charge in [-0.25, -0.2) is 18.3 Å². The van der Waals surface area contributed by atoms with Crippen LogP contribution in [0.25, 0.3) is 11.1 Å². The number of carbonyl (C=O) groups excluding carboxylic acids is 2. The van der Waals surface area contributed by atoms with Gasteiger partial charge in [-0.1, -0.05) is 11.3 Å². The van der Waals surface area contributed by atoms with Crippen LogP contribution in [0.4, 0.5) is 19.3 Å². The number of likely N-dealkylation sites (tertiary alicyclic amines) is 1. The van der Waals surface area contributed by atoms with E-state index in [4.69, 9.17) is 4.74 Å². The number of fused-ring (bicyclic) bond motifs is 1. The van der Waals surface area contributed by atoms with Crippen molar-refractivity contribution in [1.29, 1.82) is 5.26 Å². The molecule has 11 nitrogen and oxygen atoms in total. The van der Waals surface area contributed by atoms with Crippen molar-refractivity contribution in [1.82, 2.24) is 30.2 Å². The van der Waals surface area contributed by atoms with Crippen LogP contribution in [0.3, 0.4) is 0 Å². The maximum atomic E-state index is 15.3. The Balaban J connectivity index is 1.06. The average molecular weight is 561 g/mol. The first-order chi connectivity index (χ1) is 19.9. The maximum absolute atomic E-state index is 15.3. The van der Waals surface area contributed by atoms with E-state index < -0.39 is 29.2 Å². The number of cyclic esters (lactones) is 1. The Kier molecular flexibility index (Phi) is 5.97. The number of benzene rings is 1. The molecule has 3 aliphatic heterocycles. The van der Waals surface area contributed by atoms with Gasteiger partial charge in [-0.15, -0.1) is 5.10 Å². The number of hydrogen-bond donors (Lipinski definition) is 1. The van der Waals surface area contributed by atoms with Gasteiger partial charge in [-0.2, -0.15) is 5.26 Å². The van der Waals surface area contributed by atoms with Crippen molar-refractivity contribution in [3.05, 3.63) is 60.2 Å². The molecule has 3 saturated heterocycles. The number of halogens is 2. The number of aromatic nitrogens is 4. The smallest absolute Gasteiger partial charge is 0.414 e. The summed E-state index contributed by atoms with van der Waals surface area (Å²) in [6.45, 7) is 2.22. The number of nitrogens with zero attached hydrogens (tertiary/aromatic N) is 7. The number of pyridine rings is 1. The fraction of sp³-hybridized carbons (Fsp3) is 0.429. The first kappa shape index (κ1) is 25.5. The van der Waals surface area contributed by atoms with E-state index in [9.17, 15) is 14.9 Å². The molecule has 13 heteroatoms. The zero-order chi connectivity index (χ0) is 28.3. The Labute approximate surface area is 233 Å². The van der Waals surface area contributed by atoms with Crippen molar-refractivity contribution in [2.75, 3.05) is 31.1 Å². The number of nitrogens with one attached hydrogen (secondary N) is 1.